The van der Waals surface area contributed by atoms with E-state index in [0.717, 1.165) is 18.2 Å². The number of esters is 1. The summed E-state index contributed by atoms with van der Waals surface area (Å²) < 4.78 is 17.6. The molecular weight excluding hydrogens is 229 g/mol. The van der Waals surface area contributed by atoms with Crippen molar-refractivity contribution in [2.75, 3.05) is 0 Å². The average Bonchev–Trinajstić information content (AvgIpc) is 2.26. The average molecular weight is 239 g/mol. The first kappa shape index (κ1) is 12.8. The second-order valence-corrected chi connectivity index (χ2v) is 3.17. The number of halogens is 1. The predicted octanol–water partition coefficient (Wildman–Crippen LogP) is 2.61. The number of rotatable bonds is 5. The second-order valence-electron chi connectivity index (χ2n) is 3.17. The van der Waals surface area contributed by atoms with Crippen LogP contribution in [-0.4, -0.2) is 10.9 Å². The van der Waals surface area contributed by atoms with Gasteiger partial charge in [0.15, 0.2) is 0 Å². The quantitative estimate of drug-likeness (QED) is 0.260. The van der Waals surface area contributed by atoms with Gasteiger partial charge in [0.1, 0.15) is 5.82 Å². The molecule has 0 aliphatic carbocycles. The van der Waals surface area contributed by atoms with Gasteiger partial charge >= 0.3 is 11.7 Å². The first-order valence-electron chi connectivity index (χ1n) is 4.80. The SMILES string of the molecule is C=CCCC(=O)Oc1cc(F)ccc1[N+](=O)[O-]. The maximum Gasteiger partial charge on any atom is 0.311 e. The van der Waals surface area contributed by atoms with Gasteiger partial charge in [-0.15, -0.1) is 6.58 Å². The molecule has 0 atom stereocenters. The van der Waals surface area contributed by atoms with Gasteiger partial charge in [-0.25, -0.2) is 4.39 Å². The standard InChI is InChI=1S/C11H10FNO4/c1-2-3-4-11(14)17-10-7-8(12)5-6-9(10)13(15)16/h2,5-7H,1,3-4H2. The van der Waals surface area contributed by atoms with Crippen molar-refractivity contribution in [1.29, 1.82) is 0 Å². The first-order valence-corrected chi connectivity index (χ1v) is 4.80. The number of allylic oxidation sites excluding steroid dienone is 1. The summed E-state index contributed by atoms with van der Waals surface area (Å²) in [6, 6.07) is 2.69. The van der Waals surface area contributed by atoms with Crippen LogP contribution in [0.15, 0.2) is 30.9 Å². The monoisotopic (exact) mass is 239 g/mol. The Labute approximate surface area is 96.7 Å². The van der Waals surface area contributed by atoms with Crippen molar-refractivity contribution in [3.63, 3.8) is 0 Å². The molecule has 5 nitrogen and oxygen atoms in total. The Morgan fingerprint density at radius 2 is 2.29 bits per heavy atom. The summed E-state index contributed by atoms with van der Waals surface area (Å²) in [5.74, 6) is -1.76. The normalized spacial score (nSPS) is 9.71. The van der Waals surface area contributed by atoms with E-state index in [1.807, 2.05) is 0 Å². The zero-order valence-electron chi connectivity index (χ0n) is 8.89. The summed E-state index contributed by atoms with van der Waals surface area (Å²) in [6.45, 7) is 3.42. The third-order valence-electron chi connectivity index (χ3n) is 1.89. The zero-order chi connectivity index (χ0) is 12.8. The fourth-order valence-electron chi connectivity index (χ4n) is 1.11. The lowest BCUT2D eigenvalue weighted by atomic mass is 10.3. The van der Waals surface area contributed by atoms with E-state index in [1.165, 1.54) is 6.08 Å². The van der Waals surface area contributed by atoms with Crippen molar-refractivity contribution < 1.29 is 18.8 Å². The number of hydrogen-bond acceptors (Lipinski definition) is 4. The van der Waals surface area contributed by atoms with E-state index in [1.54, 1.807) is 0 Å². The molecule has 0 radical (unpaired) electrons. The Bertz CT molecular complexity index is 459. The molecule has 0 N–H and O–H groups in total. The first-order chi connectivity index (χ1) is 8.04. The molecule has 1 rings (SSSR count). The molecule has 0 unspecified atom stereocenters. The van der Waals surface area contributed by atoms with Crippen LogP contribution in [0.5, 0.6) is 5.75 Å². The number of ether oxygens (including phenoxy) is 1. The molecule has 0 heterocycles. The summed E-state index contributed by atoms with van der Waals surface area (Å²) in [5, 5.41) is 10.6. The minimum Gasteiger partial charge on any atom is -0.419 e. The number of carbonyl (C=O) groups is 1. The lowest BCUT2D eigenvalue weighted by Crippen LogP contribution is -2.08. The topological polar surface area (TPSA) is 69.4 Å². The summed E-state index contributed by atoms with van der Waals surface area (Å²) in [4.78, 5) is 21.1. The highest BCUT2D eigenvalue weighted by molar-refractivity contribution is 5.73. The van der Waals surface area contributed by atoms with Gasteiger partial charge in [0.25, 0.3) is 0 Å². The van der Waals surface area contributed by atoms with Crippen LogP contribution in [0.25, 0.3) is 0 Å². The number of benzene rings is 1. The Kier molecular flexibility index (Phi) is 4.33. The van der Waals surface area contributed by atoms with E-state index >= 15 is 0 Å². The van der Waals surface area contributed by atoms with Crippen molar-refractivity contribution in [2.24, 2.45) is 0 Å². The summed E-state index contributed by atoms with van der Waals surface area (Å²) in [6.07, 6.45) is 1.94. The molecule has 0 bridgehead atoms. The molecule has 1 aromatic carbocycles. The minimum absolute atomic E-state index is 0.0389. The molecule has 0 aliphatic heterocycles. The Morgan fingerprint density at radius 3 is 2.88 bits per heavy atom. The molecule has 0 amide bonds. The summed E-state index contributed by atoms with van der Waals surface area (Å²) in [7, 11) is 0. The van der Waals surface area contributed by atoms with Crippen LogP contribution >= 0.6 is 0 Å². The van der Waals surface area contributed by atoms with Crippen LogP contribution in [0.2, 0.25) is 0 Å². The van der Waals surface area contributed by atoms with Gasteiger partial charge < -0.3 is 4.74 Å². The van der Waals surface area contributed by atoms with Crippen LogP contribution in [-0.2, 0) is 4.79 Å². The van der Waals surface area contributed by atoms with Crippen molar-refractivity contribution in [1.82, 2.24) is 0 Å². The fourth-order valence-corrected chi connectivity index (χ4v) is 1.11. The molecule has 0 aromatic heterocycles. The highest BCUT2D eigenvalue weighted by Crippen LogP contribution is 2.27. The molecule has 17 heavy (non-hydrogen) atoms. The Balaban J connectivity index is 2.88. The number of nitro groups is 1. The maximum atomic E-state index is 12.9. The number of hydrogen-bond donors (Lipinski definition) is 0. The molecule has 0 saturated carbocycles. The lowest BCUT2D eigenvalue weighted by Gasteiger charge is -2.04. The van der Waals surface area contributed by atoms with Crippen LogP contribution in [0.4, 0.5) is 10.1 Å². The van der Waals surface area contributed by atoms with Gasteiger partial charge in [0, 0.05) is 18.6 Å². The molecule has 90 valence electrons. The van der Waals surface area contributed by atoms with E-state index in [9.17, 15) is 19.3 Å². The number of carbonyl (C=O) groups excluding carboxylic acids is 1. The van der Waals surface area contributed by atoms with Gasteiger partial charge in [-0.1, -0.05) is 6.08 Å². The van der Waals surface area contributed by atoms with Gasteiger partial charge in [0.2, 0.25) is 5.75 Å². The van der Waals surface area contributed by atoms with E-state index in [2.05, 4.69) is 6.58 Å². The van der Waals surface area contributed by atoms with Crippen molar-refractivity contribution in [2.45, 2.75) is 12.8 Å². The van der Waals surface area contributed by atoms with Crippen LogP contribution in [0, 0.1) is 15.9 Å². The van der Waals surface area contributed by atoms with Gasteiger partial charge in [-0.3, -0.25) is 14.9 Å². The number of nitrogens with zero attached hydrogens (tertiary/aromatic N) is 1. The third-order valence-corrected chi connectivity index (χ3v) is 1.89. The van der Waals surface area contributed by atoms with E-state index < -0.39 is 22.4 Å². The van der Waals surface area contributed by atoms with Gasteiger partial charge in [-0.2, -0.15) is 0 Å². The van der Waals surface area contributed by atoms with Crippen LogP contribution in [0.3, 0.4) is 0 Å². The molecule has 6 heteroatoms. The van der Waals surface area contributed by atoms with Crippen molar-refractivity contribution in [3.8, 4) is 5.75 Å². The maximum absolute atomic E-state index is 12.9. The van der Waals surface area contributed by atoms with Crippen molar-refractivity contribution in [3.05, 3.63) is 46.8 Å². The highest BCUT2D eigenvalue weighted by Gasteiger charge is 2.18. The smallest absolute Gasteiger partial charge is 0.311 e. The minimum atomic E-state index is -0.741. The van der Waals surface area contributed by atoms with Crippen LogP contribution in [0.1, 0.15) is 12.8 Å². The fraction of sp³-hybridized carbons (Fsp3) is 0.182. The highest BCUT2D eigenvalue weighted by atomic mass is 19.1. The molecular formula is C11H10FNO4. The van der Waals surface area contributed by atoms with E-state index in [4.69, 9.17) is 4.74 Å². The molecule has 0 spiro atoms. The van der Waals surface area contributed by atoms with Crippen LogP contribution < -0.4 is 4.74 Å². The molecule has 0 fully saturated rings. The predicted molar refractivity (Wildman–Crippen MR) is 58.1 cm³/mol. The zero-order valence-corrected chi connectivity index (χ0v) is 8.89. The molecule has 1 aromatic rings. The van der Waals surface area contributed by atoms with Gasteiger partial charge in [0.05, 0.1) is 4.92 Å². The largest absolute Gasteiger partial charge is 0.419 e. The third kappa shape index (κ3) is 3.67. The Morgan fingerprint density at radius 1 is 1.59 bits per heavy atom. The van der Waals surface area contributed by atoms with E-state index in [0.29, 0.717) is 6.42 Å². The van der Waals surface area contributed by atoms with Crippen molar-refractivity contribution >= 4 is 11.7 Å². The lowest BCUT2D eigenvalue weighted by molar-refractivity contribution is -0.385. The van der Waals surface area contributed by atoms with E-state index in [-0.39, 0.29) is 12.2 Å². The number of nitro benzene ring substituents is 1. The van der Waals surface area contributed by atoms with Gasteiger partial charge in [-0.05, 0) is 12.5 Å². The molecule has 0 aliphatic rings. The summed E-state index contributed by atoms with van der Waals surface area (Å²) >= 11 is 0. The Hall–Kier alpha value is -2.24. The summed E-state index contributed by atoms with van der Waals surface area (Å²) in [5.41, 5.74) is -0.446. The second kappa shape index (κ2) is 5.74. The molecule has 0 saturated heterocycles.